The van der Waals surface area contributed by atoms with Gasteiger partial charge >= 0.3 is 6.03 Å². The molecule has 0 saturated carbocycles. The number of urea groups is 1. The van der Waals surface area contributed by atoms with Gasteiger partial charge in [0.2, 0.25) is 0 Å². The number of rotatable bonds is 6. The lowest BCUT2D eigenvalue weighted by Gasteiger charge is -2.32. The Morgan fingerprint density at radius 2 is 1.81 bits per heavy atom. The number of hydrogen-bond donors (Lipinski definition) is 2. The highest BCUT2D eigenvalue weighted by atomic mass is 32.1. The van der Waals surface area contributed by atoms with Crippen LogP contribution in [0.25, 0.3) is 10.2 Å². The number of nitrogens with one attached hydrogen (secondary N) is 2. The van der Waals surface area contributed by atoms with Crippen LogP contribution in [0.2, 0.25) is 0 Å². The van der Waals surface area contributed by atoms with Crippen molar-refractivity contribution in [2.24, 2.45) is 0 Å². The van der Waals surface area contributed by atoms with Gasteiger partial charge in [-0.2, -0.15) is 0 Å². The first kappa shape index (κ1) is 23.6. The van der Waals surface area contributed by atoms with E-state index in [-0.39, 0.29) is 18.0 Å². The lowest BCUT2D eigenvalue weighted by atomic mass is 10.1. The number of nitrogens with zero attached hydrogens (tertiary/aromatic N) is 4. The predicted molar refractivity (Wildman–Crippen MR) is 147 cm³/mol. The summed E-state index contributed by atoms with van der Waals surface area (Å²) < 4.78 is 0. The molecule has 2 aliphatic heterocycles. The number of aromatic nitrogens is 2. The van der Waals surface area contributed by atoms with Crippen LogP contribution in [0.3, 0.4) is 0 Å². The molecule has 1 atom stereocenters. The third-order valence-electron chi connectivity index (χ3n) is 7.09. The molecule has 37 heavy (non-hydrogen) atoms. The molecule has 1 fully saturated rings. The van der Waals surface area contributed by atoms with Crippen LogP contribution in [0.1, 0.15) is 53.0 Å². The van der Waals surface area contributed by atoms with E-state index in [1.807, 2.05) is 49.4 Å². The highest BCUT2D eigenvalue weighted by molar-refractivity contribution is 7.21. The van der Waals surface area contributed by atoms with E-state index in [0.717, 1.165) is 25.2 Å². The summed E-state index contributed by atoms with van der Waals surface area (Å²) >= 11 is 1.26. The molecule has 1 saturated heterocycles. The molecule has 2 aromatic heterocycles. The van der Waals surface area contributed by atoms with Crippen LogP contribution >= 0.6 is 11.3 Å². The summed E-state index contributed by atoms with van der Waals surface area (Å²) in [5.74, 6) is 0.232. The highest BCUT2D eigenvalue weighted by Crippen LogP contribution is 2.44. The normalized spacial score (nSPS) is 16.5. The summed E-state index contributed by atoms with van der Waals surface area (Å²) in [5.41, 5.74) is 3.41. The van der Waals surface area contributed by atoms with Crippen molar-refractivity contribution < 1.29 is 9.59 Å². The second kappa shape index (κ2) is 9.91. The number of likely N-dealkylation sites (tertiary alicyclic amines) is 1. The minimum Gasteiger partial charge on any atom is -0.321 e. The molecule has 2 aliphatic rings. The molecule has 0 bridgehead atoms. The maximum atomic E-state index is 13.3. The summed E-state index contributed by atoms with van der Waals surface area (Å²) in [5, 5.41) is 6.63. The number of piperidine rings is 1. The number of thiophene rings is 1. The molecule has 188 valence electrons. The van der Waals surface area contributed by atoms with E-state index in [4.69, 9.17) is 0 Å². The Kier molecular flexibility index (Phi) is 6.31. The quantitative estimate of drug-likeness (QED) is 0.329. The fourth-order valence-corrected chi connectivity index (χ4v) is 6.13. The summed E-state index contributed by atoms with van der Waals surface area (Å²) in [4.78, 5) is 40.6. The molecule has 0 radical (unpaired) electrons. The van der Waals surface area contributed by atoms with Crippen molar-refractivity contribution >= 4 is 50.7 Å². The van der Waals surface area contributed by atoms with Gasteiger partial charge in [-0.3, -0.25) is 14.6 Å². The number of carbonyl (C=O) groups is 2. The Bertz CT molecular complexity index is 1450. The Balaban J connectivity index is 1.25. The van der Waals surface area contributed by atoms with Gasteiger partial charge in [0, 0.05) is 12.2 Å². The Labute approximate surface area is 219 Å². The van der Waals surface area contributed by atoms with Gasteiger partial charge in [-0.25, -0.2) is 14.8 Å². The van der Waals surface area contributed by atoms with Crippen molar-refractivity contribution in [3.05, 3.63) is 76.9 Å². The van der Waals surface area contributed by atoms with Gasteiger partial charge in [-0.15, -0.1) is 11.3 Å². The van der Waals surface area contributed by atoms with Crippen molar-refractivity contribution in [2.45, 2.75) is 38.8 Å². The van der Waals surface area contributed by atoms with Crippen molar-refractivity contribution in [1.29, 1.82) is 0 Å². The van der Waals surface area contributed by atoms with E-state index in [2.05, 4.69) is 37.6 Å². The first-order valence-electron chi connectivity index (χ1n) is 12.6. The molecule has 3 amide bonds. The van der Waals surface area contributed by atoms with Gasteiger partial charge in [0.05, 0.1) is 17.1 Å². The number of anilines is 3. The van der Waals surface area contributed by atoms with Crippen molar-refractivity contribution in [3.8, 4) is 0 Å². The minimum atomic E-state index is -0.321. The first-order valence-corrected chi connectivity index (χ1v) is 13.5. The monoisotopic (exact) mass is 512 g/mol. The largest absolute Gasteiger partial charge is 0.328 e. The molecule has 9 heteroatoms. The molecule has 8 nitrogen and oxygen atoms in total. The zero-order valence-corrected chi connectivity index (χ0v) is 21.4. The lowest BCUT2D eigenvalue weighted by molar-refractivity contribution is 0.103. The van der Waals surface area contributed by atoms with Gasteiger partial charge in [-0.1, -0.05) is 48.9 Å². The van der Waals surface area contributed by atoms with Crippen LogP contribution in [-0.4, -0.2) is 39.9 Å². The minimum absolute atomic E-state index is 0.243. The molecule has 4 heterocycles. The standard InChI is InChI=1S/C28H28N6O2S/c1-18(20-8-4-2-5-9-20)34-25-22-23(32-28(34)36)24(37-27(22)30-17-29-25)26(35)31-21-12-10-19(11-13-21)16-33-14-6-3-7-15-33/h2,4-5,8-13,17-18H,3,6-7,14-16H2,1H3,(H,31,35)(H,32,36)/t18-/m1/s1. The van der Waals surface area contributed by atoms with E-state index in [9.17, 15) is 9.59 Å². The average molecular weight is 513 g/mol. The topological polar surface area (TPSA) is 90.5 Å². The lowest BCUT2D eigenvalue weighted by Crippen LogP contribution is -2.40. The number of hydrogen-bond acceptors (Lipinski definition) is 6. The Hall–Kier alpha value is -3.82. The molecule has 6 rings (SSSR count). The van der Waals surface area contributed by atoms with Crippen LogP contribution in [0, 0.1) is 0 Å². The fourth-order valence-electron chi connectivity index (χ4n) is 5.14. The van der Waals surface area contributed by atoms with Gasteiger partial charge in [0.1, 0.15) is 16.0 Å². The van der Waals surface area contributed by atoms with Gasteiger partial charge in [-0.05, 0) is 56.1 Å². The Morgan fingerprint density at radius 3 is 2.57 bits per heavy atom. The number of amides is 3. The molecule has 0 unspecified atom stereocenters. The third-order valence-corrected chi connectivity index (χ3v) is 8.19. The third kappa shape index (κ3) is 4.56. The molecule has 0 aliphatic carbocycles. The second-order valence-corrected chi connectivity index (χ2v) is 10.6. The summed E-state index contributed by atoms with van der Waals surface area (Å²) in [6, 6.07) is 17.2. The van der Waals surface area contributed by atoms with E-state index in [0.29, 0.717) is 32.3 Å². The van der Waals surface area contributed by atoms with E-state index in [1.165, 1.54) is 42.5 Å². The molecular formula is C28H28N6O2S. The van der Waals surface area contributed by atoms with Crippen molar-refractivity contribution in [3.63, 3.8) is 0 Å². The molecule has 2 N–H and O–H groups in total. The SMILES string of the molecule is C[C@H](c1ccccc1)N1C(=O)Nc2c(C(=O)Nc3ccc(CN4CCCCC4)cc3)sc3ncnc1c23. The summed E-state index contributed by atoms with van der Waals surface area (Å²) in [7, 11) is 0. The number of carbonyl (C=O) groups excluding carboxylic acids is 2. The fraction of sp³-hybridized carbons (Fsp3) is 0.286. The molecule has 4 aromatic rings. The molecular weight excluding hydrogens is 484 g/mol. The Morgan fingerprint density at radius 1 is 1.05 bits per heavy atom. The highest BCUT2D eigenvalue weighted by Gasteiger charge is 2.35. The van der Waals surface area contributed by atoms with Crippen LogP contribution in [0.15, 0.2) is 60.9 Å². The van der Waals surface area contributed by atoms with Crippen LogP contribution < -0.4 is 15.5 Å². The average Bonchev–Trinajstić information content (AvgIpc) is 3.30. The molecule has 0 spiro atoms. The van der Waals surface area contributed by atoms with Crippen molar-refractivity contribution in [1.82, 2.24) is 14.9 Å². The van der Waals surface area contributed by atoms with E-state index >= 15 is 0 Å². The van der Waals surface area contributed by atoms with E-state index in [1.54, 1.807) is 4.90 Å². The van der Waals surface area contributed by atoms with Gasteiger partial charge in [0.25, 0.3) is 5.91 Å². The summed E-state index contributed by atoms with van der Waals surface area (Å²) in [6.07, 6.45) is 5.29. The van der Waals surface area contributed by atoms with Crippen LogP contribution in [0.5, 0.6) is 0 Å². The van der Waals surface area contributed by atoms with Crippen molar-refractivity contribution in [2.75, 3.05) is 28.6 Å². The van der Waals surface area contributed by atoms with Crippen LogP contribution in [0.4, 0.5) is 22.0 Å². The smallest absolute Gasteiger partial charge is 0.321 e. The number of benzene rings is 2. The zero-order valence-electron chi connectivity index (χ0n) is 20.6. The predicted octanol–water partition coefficient (Wildman–Crippen LogP) is 6.04. The zero-order chi connectivity index (χ0) is 25.4. The first-order chi connectivity index (χ1) is 18.1. The van der Waals surface area contributed by atoms with E-state index < -0.39 is 0 Å². The van der Waals surface area contributed by atoms with Gasteiger partial charge < -0.3 is 10.6 Å². The maximum absolute atomic E-state index is 13.3. The van der Waals surface area contributed by atoms with Gasteiger partial charge in [0.15, 0.2) is 5.82 Å². The maximum Gasteiger partial charge on any atom is 0.328 e. The summed E-state index contributed by atoms with van der Waals surface area (Å²) in [6.45, 7) is 5.18. The second-order valence-electron chi connectivity index (χ2n) is 9.56. The van der Waals surface area contributed by atoms with Crippen LogP contribution in [-0.2, 0) is 6.54 Å². The molecule has 2 aromatic carbocycles.